The van der Waals surface area contributed by atoms with E-state index in [2.05, 4.69) is 20.7 Å². The van der Waals surface area contributed by atoms with Gasteiger partial charge in [-0.2, -0.15) is 0 Å². The molecule has 0 saturated heterocycles. The van der Waals surface area contributed by atoms with Crippen molar-refractivity contribution in [3.05, 3.63) is 58.9 Å². The Hall–Kier alpha value is -3.70. The van der Waals surface area contributed by atoms with E-state index in [0.717, 1.165) is 37.0 Å². The Morgan fingerprint density at radius 2 is 1.92 bits per heavy atom. The fourth-order valence-corrected chi connectivity index (χ4v) is 4.47. The summed E-state index contributed by atoms with van der Waals surface area (Å²) in [4.78, 5) is 29.0. The van der Waals surface area contributed by atoms with Crippen LogP contribution in [-0.2, 0) is 16.1 Å². The number of pyridine rings is 1. The molecule has 1 fully saturated rings. The second kappa shape index (κ2) is 14.3. The number of hydrazone groups is 1. The number of aromatic nitrogens is 1. The number of nitrogens with zero attached hydrogens (tertiary/aromatic N) is 3. The van der Waals surface area contributed by atoms with Crippen LogP contribution in [-0.4, -0.2) is 61.2 Å². The van der Waals surface area contributed by atoms with Gasteiger partial charge in [0.15, 0.2) is 5.84 Å². The number of nitrogens with two attached hydrogens (primary N) is 2. The van der Waals surface area contributed by atoms with Crippen molar-refractivity contribution in [1.29, 1.82) is 0 Å². The van der Waals surface area contributed by atoms with Crippen LogP contribution in [0.3, 0.4) is 0 Å². The first-order valence-corrected chi connectivity index (χ1v) is 12.8. The summed E-state index contributed by atoms with van der Waals surface area (Å²) in [7, 11) is 3.19. The lowest BCUT2D eigenvalue weighted by Crippen LogP contribution is -2.40. The van der Waals surface area contributed by atoms with Gasteiger partial charge in [-0.05, 0) is 68.4 Å². The second-order valence-electron chi connectivity index (χ2n) is 9.55. The van der Waals surface area contributed by atoms with E-state index in [4.69, 9.17) is 21.1 Å². The van der Waals surface area contributed by atoms with Crippen molar-refractivity contribution in [1.82, 2.24) is 20.7 Å². The molecule has 1 aromatic carbocycles. The number of hydrogen-bond acceptors (Lipinski definition) is 8. The van der Waals surface area contributed by atoms with E-state index in [1.165, 1.54) is 5.12 Å². The van der Waals surface area contributed by atoms with Gasteiger partial charge in [-0.3, -0.25) is 9.59 Å². The van der Waals surface area contributed by atoms with Crippen LogP contribution in [0.4, 0.5) is 0 Å². The van der Waals surface area contributed by atoms with Crippen molar-refractivity contribution in [2.45, 2.75) is 51.6 Å². The Morgan fingerprint density at radius 3 is 2.63 bits per heavy atom. The van der Waals surface area contributed by atoms with Gasteiger partial charge in [0.25, 0.3) is 5.91 Å². The van der Waals surface area contributed by atoms with Crippen LogP contribution < -0.4 is 26.9 Å². The highest BCUT2D eigenvalue weighted by Gasteiger charge is 2.23. The summed E-state index contributed by atoms with van der Waals surface area (Å²) in [5.41, 5.74) is 8.62. The van der Waals surface area contributed by atoms with Gasteiger partial charge in [0.1, 0.15) is 11.4 Å². The maximum atomic E-state index is 12.8. The topological polar surface area (TPSA) is 157 Å². The minimum atomic E-state index is -0.318. The van der Waals surface area contributed by atoms with Gasteiger partial charge in [-0.15, -0.1) is 5.10 Å². The highest BCUT2D eigenvalue weighted by atomic mass is 16.5. The van der Waals surface area contributed by atoms with Crippen LogP contribution in [0.1, 0.15) is 59.4 Å². The molecule has 2 aromatic rings. The predicted molar refractivity (Wildman–Crippen MR) is 145 cm³/mol. The Kier molecular flexibility index (Phi) is 10.9. The monoisotopic (exact) mass is 525 g/mol. The molecular weight excluding hydrogens is 486 g/mol. The van der Waals surface area contributed by atoms with E-state index in [9.17, 15) is 9.59 Å². The molecule has 1 aromatic heterocycles. The van der Waals surface area contributed by atoms with Crippen LogP contribution in [0.15, 0.2) is 41.5 Å². The summed E-state index contributed by atoms with van der Waals surface area (Å²) in [5.74, 6) is 7.14. The number of amides is 2. The molecule has 3 rings (SSSR count). The minimum absolute atomic E-state index is 0.0223. The zero-order valence-corrected chi connectivity index (χ0v) is 22.4. The van der Waals surface area contributed by atoms with Gasteiger partial charge in [0.05, 0.1) is 20.3 Å². The lowest BCUT2D eigenvalue weighted by Gasteiger charge is -2.30. The van der Waals surface area contributed by atoms with E-state index in [1.807, 2.05) is 24.3 Å². The summed E-state index contributed by atoms with van der Waals surface area (Å²) in [6, 6.07) is 11.0. The van der Waals surface area contributed by atoms with Crippen molar-refractivity contribution in [3.8, 4) is 5.75 Å². The van der Waals surface area contributed by atoms with Crippen LogP contribution in [0.25, 0.3) is 0 Å². The fraction of sp³-hybridized carbons (Fsp3) is 0.481. The van der Waals surface area contributed by atoms with E-state index in [1.54, 1.807) is 33.3 Å². The molecule has 206 valence electrons. The molecule has 1 aliphatic rings. The third-order valence-corrected chi connectivity index (χ3v) is 6.50. The van der Waals surface area contributed by atoms with Gasteiger partial charge in [-0.1, -0.05) is 12.1 Å². The van der Waals surface area contributed by atoms with E-state index >= 15 is 0 Å². The number of hydrazine groups is 1. The highest BCUT2D eigenvalue weighted by Crippen LogP contribution is 2.25. The first-order valence-electron chi connectivity index (χ1n) is 12.8. The summed E-state index contributed by atoms with van der Waals surface area (Å²) >= 11 is 0. The van der Waals surface area contributed by atoms with Gasteiger partial charge in [0, 0.05) is 37.4 Å². The average Bonchev–Trinajstić information content (AvgIpc) is 2.91. The Morgan fingerprint density at radius 1 is 1.16 bits per heavy atom. The Labute approximate surface area is 223 Å². The van der Waals surface area contributed by atoms with Gasteiger partial charge < -0.3 is 25.8 Å². The Balaban J connectivity index is 1.53. The van der Waals surface area contributed by atoms with Crippen LogP contribution in [0.5, 0.6) is 5.75 Å². The molecule has 0 atom stereocenters. The standard InChI is InChI=1S/C27H39N7O4/c1-18-13-21(15-24(31-18)27(36)30-16-20-5-4-6-23(14-20)38-3)26(28)33-34(29)17-19-7-9-22(10-8-19)32-25(35)11-12-37-2/h4-6,13-15,19,22H,7-12,16-17,29H2,1-3H3,(H2,28,33)(H,30,36)(H,32,35). The molecule has 11 nitrogen and oxygen atoms in total. The number of aryl methyl sites for hydroxylation is 1. The summed E-state index contributed by atoms with van der Waals surface area (Å²) in [6.07, 6.45) is 4.04. The highest BCUT2D eigenvalue weighted by molar-refractivity contribution is 6.00. The number of ether oxygens (including phenoxy) is 2. The number of amidine groups is 1. The molecule has 0 bridgehead atoms. The van der Waals surface area contributed by atoms with Crippen molar-refractivity contribution < 1.29 is 19.1 Å². The van der Waals surface area contributed by atoms with Crippen molar-refractivity contribution >= 4 is 17.6 Å². The van der Waals surface area contributed by atoms with Crippen molar-refractivity contribution in [2.24, 2.45) is 22.6 Å². The average molecular weight is 526 g/mol. The van der Waals surface area contributed by atoms with E-state index in [0.29, 0.717) is 43.3 Å². The molecule has 1 aliphatic carbocycles. The van der Waals surface area contributed by atoms with Gasteiger partial charge >= 0.3 is 0 Å². The number of carbonyl (C=O) groups is 2. The number of rotatable bonds is 12. The number of nitrogens with one attached hydrogen (secondary N) is 2. The van der Waals surface area contributed by atoms with Gasteiger partial charge in [-0.25, -0.2) is 15.9 Å². The van der Waals surface area contributed by atoms with Crippen LogP contribution in [0.2, 0.25) is 0 Å². The number of hydrogen-bond donors (Lipinski definition) is 4. The summed E-state index contributed by atoms with van der Waals surface area (Å²) in [5, 5.41) is 11.6. The normalized spacial score (nSPS) is 17.5. The number of benzene rings is 1. The largest absolute Gasteiger partial charge is 0.497 e. The van der Waals surface area contributed by atoms with E-state index in [-0.39, 0.29) is 29.4 Å². The van der Waals surface area contributed by atoms with Gasteiger partial charge in [0.2, 0.25) is 5.91 Å². The zero-order valence-electron chi connectivity index (χ0n) is 22.4. The molecule has 0 aliphatic heterocycles. The quantitative estimate of drug-likeness (QED) is 0.141. The minimum Gasteiger partial charge on any atom is -0.497 e. The first kappa shape index (κ1) is 28.9. The Bertz CT molecular complexity index is 1120. The maximum absolute atomic E-state index is 12.8. The lowest BCUT2D eigenvalue weighted by molar-refractivity contribution is -0.122. The smallest absolute Gasteiger partial charge is 0.270 e. The fourth-order valence-electron chi connectivity index (χ4n) is 4.47. The zero-order chi connectivity index (χ0) is 27.5. The molecule has 0 unspecified atom stereocenters. The third kappa shape index (κ3) is 9.00. The summed E-state index contributed by atoms with van der Waals surface area (Å²) in [6.45, 7) is 3.10. The number of methoxy groups -OCH3 is 2. The van der Waals surface area contributed by atoms with Crippen molar-refractivity contribution in [2.75, 3.05) is 27.4 Å². The van der Waals surface area contributed by atoms with E-state index < -0.39 is 0 Å². The molecule has 6 N–H and O–H groups in total. The molecule has 38 heavy (non-hydrogen) atoms. The predicted octanol–water partition coefficient (Wildman–Crippen LogP) is 1.84. The third-order valence-electron chi connectivity index (χ3n) is 6.50. The second-order valence-corrected chi connectivity index (χ2v) is 9.55. The molecule has 1 heterocycles. The molecule has 2 amide bonds. The molecule has 0 spiro atoms. The SMILES string of the molecule is COCCC(=O)NC1CCC(CN(N)/N=C(\N)c2cc(C)nc(C(=O)NCc3cccc(OC)c3)c2)CC1. The maximum Gasteiger partial charge on any atom is 0.270 e. The van der Waals surface area contributed by atoms with Crippen molar-refractivity contribution in [3.63, 3.8) is 0 Å². The molecule has 0 radical (unpaired) electrons. The molecule has 1 saturated carbocycles. The first-order chi connectivity index (χ1) is 18.3. The van der Waals surface area contributed by atoms with Crippen LogP contribution >= 0.6 is 0 Å². The number of carbonyl (C=O) groups excluding carboxylic acids is 2. The molecule has 11 heteroatoms. The lowest BCUT2D eigenvalue weighted by atomic mass is 9.86. The van der Waals surface area contributed by atoms with Crippen LogP contribution in [0, 0.1) is 12.8 Å². The molecular formula is C27H39N7O4. The summed E-state index contributed by atoms with van der Waals surface area (Å²) < 4.78 is 10.2.